The average Bonchev–Trinajstić information content (AvgIpc) is 2.57. The lowest BCUT2D eigenvalue weighted by atomic mass is 10.1. The topological polar surface area (TPSA) is 41.7 Å². The lowest BCUT2D eigenvalue weighted by molar-refractivity contribution is 0.0342. The Morgan fingerprint density at radius 2 is 1.80 bits per heavy atom. The molecule has 2 aliphatic heterocycles. The molecule has 15 heavy (non-hydrogen) atoms. The Hall–Kier alpha value is -0.160. The Labute approximate surface area is 92.4 Å². The lowest BCUT2D eigenvalue weighted by Crippen LogP contribution is -2.41. The van der Waals surface area contributed by atoms with Gasteiger partial charge in [-0.25, -0.2) is 0 Å². The Kier molecular flexibility index (Phi) is 3.97. The molecule has 2 N–H and O–H groups in total. The van der Waals surface area contributed by atoms with Crippen LogP contribution in [0.2, 0.25) is 0 Å². The van der Waals surface area contributed by atoms with Crippen LogP contribution in [0.25, 0.3) is 0 Å². The predicted molar refractivity (Wildman–Crippen MR) is 60.8 cm³/mol. The second kappa shape index (κ2) is 5.25. The van der Waals surface area contributed by atoms with Gasteiger partial charge < -0.3 is 15.4 Å². The third kappa shape index (κ3) is 3.14. The molecule has 0 aliphatic carbocycles. The molecular formula is C11H23N3O. The molecule has 0 amide bonds. The Morgan fingerprint density at radius 1 is 1.13 bits per heavy atom. The SMILES string of the molecule is CC1CN(CCN2CCOCC2)CC1N. The van der Waals surface area contributed by atoms with Crippen molar-refractivity contribution in [3.05, 3.63) is 0 Å². The van der Waals surface area contributed by atoms with Gasteiger partial charge in [-0.15, -0.1) is 0 Å². The van der Waals surface area contributed by atoms with E-state index in [0.29, 0.717) is 12.0 Å². The minimum Gasteiger partial charge on any atom is -0.379 e. The molecule has 2 heterocycles. The van der Waals surface area contributed by atoms with Gasteiger partial charge in [-0.05, 0) is 5.92 Å². The fraction of sp³-hybridized carbons (Fsp3) is 1.00. The number of hydrogen-bond donors (Lipinski definition) is 1. The van der Waals surface area contributed by atoms with Gasteiger partial charge >= 0.3 is 0 Å². The van der Waals surface area contributed by atoms with E-state index >= 15 is 0 Å². The first-order valence-corrected chi connectivity index (χ1v) is 6.04. The Bertz CT molecular complexity index is 184. The molecule has 2 saturated heterocycles. The molecule has 4 nitrogen and oxygen atoms in total. The fourth-order valence-electron chi connectivity index (χ4n) is 2.39. The van der Waals surface area contributed by atoms with Gasteiger partial charge in [0.1, 0.15) is 0 Å². The van der Waals surface area contributed by atoms with Crippen molar-refractivity contribution in [3.8, 4) is 0 Å². The predicted octanol–water partition coefficient (Wildman–Crippen LogP) is -0.402. The monoisotopic (exact) mass is 213 g/mol. The van der Waals surface area contributed by atoms with E-state index in [1.165, 1.54) is 13.1 Å². The third-order valence-corrected chi connectivity index (χ3v) is 3.58. The number of morpholine rings is 1. The van der Waals surface area contributed by atoms with Crippen LogP contribution in [-0.4, -0.2) is 68.3 Å². The van der Waals surface area contributed by atoms with Crippen molar-refractivity contribution in [2.24, 2.45) is 11.7 Å². The van der Waals surface area contributed by atoms with Crippen LogP contribution in [-0.2, 0) is 4.74 Å². The molecule has 4 heteroatoms. The zero-order chi connectivity index (χ0) is 10.7. The molecule has 2 unspecified atom stereocenters. The maximum absolute atomic E-state index is 6.00. The van der Waals surface area contributed by atoms with Crippen LogP contribution in [0.15, 0.2) is 0 Å². The van der Waals surface area contributed by atoms with Gasteiger partial charge in [-0.2, -0.15) is 0 Å². The van der Waals surface area contributed by atoms with Crippen LogP contribution in [0.1, 0.15) is 6.92 Å². The Balaban J connectivity index is 1.65. The number of likely N-dealkylation sites (tertiary alicyclic amines) is 1. The van der Waals surface area contributed by atoms with Crippen LogP contribution in [0.4, 0.5) is 0 Å². The summed E-state index contributed by atoms with van der Waals surface area (Å²) >= 11 is 0. The Morgan fingerprint density at radius 3 is 2.40 bits per heavy atom. The normalized spacial score (nSPS) is 34.8. The summed E-state index contributed by atoms with van der Waals surface area (Å²) in [6.07, 6.45) is 0. The number of hydrogen-bond acceptors (Lipinski definition) is 4. The van der Waals surface area contributed by atoms with Gasteiger partial charge in [-0.3, -0.25) is 4.90 Å². The number of nitrogens with zero attached hydrogens (tertiary/aromatic N) is 2. The van der Waals surface area contributed by atoms with E-state index in [2.05, 4.69) is 16.7 Å². The van der Waals surface area contributed by atoms with Crippen molar-refractivity contribution in [1.29, 1.82) is 0 Å². The largest absolute Gasteiger partial charge is 0.379 e. The highest BCUT2D eigenvalue weighted by atomic mass is 16.5. The molecule has 0 aromatic heterocycles. The molecule has 0 aromatic carbocycles. The van der Waals surface area contributed by atoms with Gasteiger partial charge in [0.15, 0.2) is 0 Å². The van der Waals surface area contributed by atoms with Gasteiger partial charge in [0.2, 0.25) is 0 Å². The van der Waals surface area contributed by atoms with Crippen molar-refractivity contribution in [1.82, 2.24) is 9.80 Å². The van der Waals surface area contributed by atoms with Crippen LogP contribution in [0.3, 0.4) is 0 Å². The highest BCUT2D eigenvalue weighted by molar-refractivity contribution is 4.84. The molecule has 2 rings (SSSR count). The van der Waals surface area contributed by atoms with Crippen molar-refractivity contribution in [3.63, 3.8) is 0 Å². The molecule has 2 atom stereocenters. The van der Waals surface area contributed by atoms with E-state index in [4.69, 9.17) is 10.5 Å². The maximum atomic E-state index is 6.00. The third-order valence-electron chi connectivity index (χ3n) is 3.58. The fourth-order valence-corrected chi connectivity index (χ4v) is 2.39. The molecule has 2 fully saturated rings. The summed E-state index contributed by atoms with van der Waals surface area (Å²) in [6.45, 7) is 10.8. The van der Waals surface area contributed by atoms with E-state index < -0.39 is 0 Å². The van der Waals surface area contributed by atoms with Crippen molar-refractivity contribution in [2.75, 3.05) is 52.5 Å². The quantitative estimate of drug-likeness (QED) is 0.692. The highest BCUT2D eigenvalue weighted by Crippen LogP contribution is 2.13. The maximum Gasteiger partial charge on any atom is 0.0594 e. The second-order valence-corrected chi connectivity index (χ2v) is 4.85. The molecule has 0 aromatic rings. The molecule has 2 aliphatic rings. The molecule has 88 valence electrons. The molecular weight excluding hydrogens is 190 g/mol. The van der Waals surface area contributed by atoms with E-state index in [-0.39, 0.29) is 0 Å². The summed E-state index contributed by atoms with van der Waals surface area (Å²) < 4.78 is 5.33. The summed E-state index contributed by atoms with van der Waals surface area (Å²) in [6, 6.07) is 0.384. The van der Waals surface area contributed by atoms with E-state index in [1.807, 2.05) is 0 Å². The van der Waals surface area contributed by atoms with E-state index in [1.54, 1.807) is 0 Å². The highest BCUT2D eigenvalue weighted by Gasteiger charge is 2.26. The molecule has 0 bridgehead atoms. The summed E-state index contributed by atoms with van der Waals surface area (Å²) in [7, 11) is 0. The zero-order valence-corrected chi connectivity index (χ0v) is 9.69. The second-order valence-electron chi connectivity index (χ2n) is 4.85. The zero-order valence-electron chi connectivity index (χ0n) is 9.69. The molecule has 0 spiro atoms. The summed E-state index contributed by atoms with van der Waals surface area (Å²) in [5, 5.41) is 0. The standard InChI is InChI=1S/C11H23N3O/c1-10-8-14(9-11(10)12)3-2-13-4-6-15-7-5-13/h10-11H,2-9,12H2,1H3. The number of nitrogens with two attached hydrogens (primary N) is 1. The van der Waals surface area contributed by atoms with Gasteiger partial charge in [0.25, 0.3) is 0 Å². The number of ether oxygens (including phenoxy) is 1. The van der Waals surface area contributed by atoms with Crippen LogP contribution in [0, 0.1) is 5.92 Å². The molecule has 0 saturated carbocycles. The summed E-state index contributed by atoms with van der Waals surface area (Å²) in [5.41, 5.74) is 6.00. The van der Waals surface area contributed by atoms with Crippen LogP contribution in [0.5, 0.6) is 0 Å². The van der Waals surface area contributed by atoms with Crippen LogP contribution >= 0.6 is 0 Å². The van der Waals surface area contributed by atoms with Crippen molar-refractivity contribution in [2.45, 2.75) is 13.0 Å². The van der Waals surface area contributed by atoms with E-state index in [0.717, 1.165) is 39.4 Å². The first kappa shape index (κ1) is 11.3. The summed E-state index contributed by atoms with van der Waals surface area (Å²) in [4.78, 5) is 4.98. The van der Waals surface area contributed by atoms with Crippen molar-refractivity contribution < 1.29 is 4.74 Å². The van der Waals surface area contributed by atoms with Crippen molar-refractivity contribution >= 4 is 0 Å². The van der Waals surface area contributed by atoms with Gasteiger partial charge in [0, 0.05) is 45.3 Å². The first-order valence-electron chi connectivity index (χ1n) is 6.04. The first-order chi connectivity index (χ1) is 7.25. The summed E-state index contributed by atoms with van der Waals surface area (Å²) in [5.74, 6) is 0.662. The van der Waals surface area contributed by atoms with Crippen LogP contribution < -0.4 is 5.73 Å². The van der Waals surface area contributed by atoms with Gasteiger partial charge in [-0.1, -0.05) is 6.92 Å². The number of rotatable bonds is 3. The minimum atomic E-state index is 0.384. The van der Waals surface area contributed by atoms with Gasteiger partial charge in [0.05, 0.1) is 13.2 Å². The molecule has 0 radical (unpaired) electrons. The lowest BCUT2D eigenvalue weighted by Gasteiger charge is -2.28. The smallest absolute Gasteiger partial charge is 0.0594 e. The minimum absolute atomic E-state index is 0.384. The average molecular weight is 213 g/mol. The van der Waals surface area contributed by atoms with E-state index in [9.17, 15) is 0 Å².